The summed E-state index contributed by atoms with van der Waals surface area (Å²) in [6.45, 7) is 1.50. The van der Waals surface area contributed by atoms with Crippen molar-refractivity contribution >= 4 is 5.91 Å². The molecule has 2 aromatic rings. The van der Waals surface area contributed by atoms with Gasteiger partial charge in [-0.15, -0.1) is 0 Å². The molecular formula is C20H25FN2O3. The average molecular weight is 360 g/mol. The van der Waals surface area contributed by atoms with Crippen molar-refractivity contribution in [2.75, 3.05) is 41.4 Å². The third-order valence-electron chi connectivity index (χ3n) is 4.00. The Kier molecular flexibility index (Phi) is 6.97. The summed E-state index contributed by atoms with van der Waals surface area (Å²) >= 11 is 0. The predicted molar refractivity (Wildman–Crippen MR) is 99.2 cm³/mol. The number of hydrogen-bond acceptors (Lipinski definition) is 4. The number of rotatable bonds is 8. The number of amides is 1. The minimum atomic E-state index is -0.318. The van der Waals surface area contributed by atoms with E-state index in [-0.39, 0.29) is 11.7 Å². The molecule has 1 amide bonds. The molecule has 0 radical (unpaired) electrons. The standard InChI is InChI=1S/C20H25FN2O3/c1-22(2)11-12-23(14-15-7-5-8-16(21)13-15)20(24)17-9-6-10-18(25-3)19(17)26-4/h5-10,13H,11-12,14H2,1-4H3. The van der Waals surface area contributed by atoms with Gasteiger partial charge in [-0.3, -0.25) is 4.79 Å². The number of likely N-dealkylation sites (N-methyl/N-ethyl adjacent to an activating group) is 1. The van der Waals surface area contributed by atoms with E-state index < -0.39 is 0 Å². The lowest BCUT2D eigenvalue weighted by Gasteiger charge is -2.25. The van der Waals surface area contributed by atoms with Gasteiger partial charge in [-0.05, 0) is 43.9 Å². The first-order valence-corrected chi connectivity index (χ1v) is 8.35. The second-order valence-electron chi connectivity index (χ2n) is 6.20. The first kappa shape index (κ1) is 19.7. The lowest BCUT2D eigenvalue weighted by molar-refractivity contribution is 0.0727. The Labute approximate surface area is 153 Å². The highest BCUT2D eigenvalue weighted by Crippen LogP contribution is 2.31. The van der Waals surface area contributed by atoms with Crippen LogP contribution in [0.1, 0.15) is 15.9 Å². The third kappa shape index (κ3) is 4.95. The molecule has 5 nitrogen and oxygen atoms in total. The van der Waals surface area contributed by atoms with Crippen molar-refractivity contribution in [2.45, 2.75) is 6.54 Å². The quantitative estimate of drug-likeness (QED) is 0.726. The fourth-order valence-electron chi connectivity index (χ4n) is 2.65. The number of hydrogen-bond donors (Lipinski definition) is 0. The Morgan fingerprint density at radius 3 is 2.38 bits per heavy atom. The number of carbonyl (C=O) groups is 1. The molecule has 0 heterocycles. The van der Waals surface area contributed by atoms with Crippen molar-refractivity contribution in [1.82, 2.24) is 9.80 Å². The fourth-order valence-corrected chi connectivity index (χ4v) is 2.65. The number of nitrogens with zero attached hydrogens (tertiary/aromatic N) is 2. The number of methoxy groups -OCH3 is 2. The number of halogens is 1. The van der Waals surface area contributed by atoms with E-state index in [2.05, 4.69) is 0 Å². The van der Waals surface area contributed by atoms with Crippen LogP contribution >= 0.6 is 0 Å². The van der Waals surface area contributed by atoms with Crippen LogP contribution in [-0.4, -0.2) is 57.1 Å². The second kappa shape index (κ2) is 9.20. The molecule has 0 aliphatic heterocycles. The minimum absolute atomic E-state index is 0.188. The van der Waals surface area contributed by atoms with Crippen LogP contribution in [0.2, 0.25) is 0 Å². The van der Waals surface area contributed by atoms with Gasteiger partial charge in [-0.1, -0.05) is 18.2 Å². The van der Waals surface area contributed by atoms with Crippen molar-refractivity contribution in [1.29, 1.82) is 0 Å². The van der Waals surface area contributed by atoms with Gasteiger partial charge in [0.2, 0.25) is 0 Å². The minimum Gasteiger partial charge on any atom is -0.493 e. The molecule has 0 N–H and O–H groups in total. The molecule has 0 atom stereocenters. The first-order chi connectivity index (χ1) is 12.5. The van der Waals surface area contributed by atoms with Gasteiger partial charge in [-0.2, -0.15) is 0 Å². The lowest BCUT2D eigenvalue weighted by Crippen LogP contribution is -2.36. The maximum Gasteiger partial charge on any atom is 0.258 e. The summed E-state index contributed by atoms with van der Waals surface area (Å²) in [6.07, 6.45) is 0. The Morgan fingerprint density at radius 1 is 1.04 bits per heavy atom. The molecule has 0 aliphatic rings. The fraction of sp³-hybridized carbons (Fsp3) is 0.350. The molecule has 2 rings (SSSR count). The van der Waals surface area contributed by atoms with E-state index in [4.69, 9.17) is 9.47 Å². The zero-order valence-electron chi connectivity index (χ0n) is 15.7. The van der Waals surface area contributed by atoms with E-state index in [0.717, 1.165) is 5.56 Å². The van der Waals surface area contributed by atoms with E-state index >= 15 is 0 Å². The maximum absolute atomic E-state index is 13.5. The lowest BCUT2D eigenvalue weighted by atomic mass is 10.1. The summed E-state index contributed by atoms with van der Waals surface area (Å²) in [6, 6.07) is 11.5. The molecule has 0 bridgehead atoms. The van der Waals surface area contributed by atoms with Gasteiger partial charge in [0.15, 0.2) is 11.5 Å². The highest BCUT2D eigenvalue weighted by Gasteiger charge is 2.22. The van der Waals surface area contributed by atoms with E-state index in [1.807, 2.05) is 25.1 Å². The zero-order chi connectivity index (χ0) is 19.1. The molecule has 0 spiro atoms. The van der Waals surface area contributed by atoms with E-state index in [0.29, 0.717) is 36.7 Å². The van der Waals surface area contributed by atoms with Gasteiger partial charge in [-0.25, -0.2) is 4.39 Å². The van der Waals surface area contributed by atoms with Crippen molar-refractivity contribution in [3.05, 3.63) is 59.4 Å². The zero-order valence-corrected chi connectivity index (χ0v) is 15.7. The summed E-state index contributed by atoms with van der Waals surface area (Å²) in [5.74, 6) is 0.388. The second-order valence-corrected chi connectivity index (χ2v) is 6.20. The Balaban J connectivity index is 2.33. The van der Waals surface area contributed by atoms with Crippen LogP contribution in [0.25, 0.3) is 0 Å². The van der Waals surface area contributed by atoms with Gasteiger partial charge in [0.1, 0.15) is 5.82 Å². The number of benzene rings is 2. The van der Waals surface area contributed by atoms with Crippen LogP contribution in [0.15, 0.2) is 42.5 Å². The van der Waals surface area contributed by atoms with E-state index in [1.165, 1.54) is 26.4 Å². The van der Waals surface area contributed by atoms with E-state index in [9.17, 15) is 9.18 Å². The first-order valence-electron chi connectivity index (χ1n) is 8.35. The van der Waals surface area contributed by atoms with Crippen LogP contribution in [0, 0.1) is 5.82 Å². The SMILES string of the molecule is COc1cccc(C(=O)N(CCN(C)C)Cc2cccc(F)c2)c1OC. The molecule has 2 aromatic carbocycles. The number of ether oxygens (including phenoxy) is 2. The predicted octanol–water partition coefficient (Wildman–Crippen LogP) is 3.05. The van der Waals surface area contributed by atoms with Crippen molar-refractivity contribution in [3.63, 3.8) is 0 Å². The van der Waals surface area contributed by atoms with Crippen LogP contribution in [0.4, 0.5) is 4.39 Å². The van der Waals surface area contributed by atoms with Crippen molar-refractivity contribution in [2.24, 2.45) is 0 Å². The molecule has 26 heavy (non-hydrogen) atoms. The van der Waals surface area contributed by atoms with Gasteiger partial charge in [0, 0.05) is 19.6 Å². The summed E-state index contributed by atoms with van der Waals surface area (Å²) in [5, 5.41) is 0. The molecule has 0 aliphatic carbocycles. The van der Waals surface area contributed by atoms with Gasteiger partial charge >= 0.3 is 0 Å². The van der Waals surface area contributed by atoms with Gasteiger partial charge in [0.05, 0.1) is 19.8 Å². The molecule has 140 valence electrons. The normalized spacial score (nSPS) is 10.7. The molecule has 0 saturated carbocycles. The highest BCUT2D eigenvalue weighted by atomic mass is 19.1. The third-order valence-corrected chi connectivity index (χ3v) is 4.00. The summed E-state index contributed by atoms with van der Waals surface area (Å²) in [5.41, 5.74) is 1.15. The summed E-state index contributed by atoms with van der Waals surface area (Å²) in [4.78, 5) is 16.9. The van der Waals surface area contributed by atoms with Crippen LogP contribution < -0.4 is 9.47 Å². The maximum atomic E-state index is 13.5. The van der Waals surface area contributed by atoms with Crippen molar-refractivity contribution in [3.8, 4) is 11.5 Å². The number of carbonyl (C=O) groups excluding carboxylic acids is 1. The largest absolute Gasteiger partial charge is 0.493 e. The summed E-state index contributed by atoms with van der Waals surface area (Å²) < 4.78 is 24.2. The highest BCUT2D eigenvalue weighted by molar-refractivity contribution is 5.97. The molecule has 0 saturated heterocycles. The molecule has 0 aromatic heterocycles. The smallest absolute Gasteiger partial charge is 0.258 e. The Bertz CT molecular complexity index is 750. The molecule has 0 fully saturated rings. The van der Waals surface area contributed by atoms with Gasteiger partial charge in [0.25, 0.3) is 5.91 Å². The summed E-state index contributed by atoms with van der Waals surface area (Å²) in [7, 11) is 6.92. The van der Waals surface area contributed by atoms with E-state index in [1.54, 1.807) is 29.2 Å². The molecule has 6 heteroatoms. The molecular weight excluding hydrogens is 335 g/mol. The van der Waals surface area contributed by atoms with Crippen LogP contribution in [0.5, 0.6) is 11.5 Å². The topological polar surface area (TPSA) is 42.0 Å². The average Bonchev–Trinajstić information content (AvgIpc) is 2.63. The molecule has 0 unspecified atom stereocenters. The van der Waals surface area contributed by atoms with Gasteiger partial charge < -0.3 is 19.3 Å². The van der Waals surface area contributed by atoms with Crippen molar-refractivity contribution < 1.29 is 18.7 Å². The monoisotopic (exact) mass is 360 g/mol. The van der Waals surface area contributed by atoms with Crippen LogP contribution in [0.3, 0.4) is 0 Å². The Morgan fingerprint density at radius 2 is 1.77 bits per heavy atom. The Hall–Kier alpha value is -2.60. The van der Waals surface area contributed by atoms with Crippen LogP contribution in [-0.2, 0) is 6.54 Å². The number of para-hydroxylation sites is 1.